The van der Waals surface area contributed by atoms with Gasteiger partial charge in [0.1, 0.15) is 0 Å². The number of carboxylic acid groups (broad SMARTS) is 1. The van der Waals surface area contributed by atoms with Gasteiger partial charge in [0.15, 0.2) is 0 Å². The zero-order valence-corrected chi connectivity index (χ0v) is 10.1. The van der Waals surface area contributed by atoms with Crippen LogP contribution in [0.3, 0.4) is 0 Å². The molecule has 1 N–H and O–H groups in total. The zero-order valence-electron chi connectivity index (χ0n) is 10.1. The molecule has 0 aliphatic heterocycles. The molecule has 3 heteroatoms. The first kappa shape index (κ1) is 12.7. The lowest BCUT2D eigenvalue weighted by atomic mass is 10.1. The minimum Gasteiger partial charge on any atom is -0.481 e. The molecule has 3 nitrogen and oxygen atoms in total. The predicted octanol–water partition coefficient (Wildman–Crippen LogP) is 2.15. The fourth-order valence-electron chi connectivity index (χ4n) is 1.48. The second kappa shape index (κ2) is 5.66. The molecule has 0 saturated heterocycles. The molecule has 1 rings (SSSR count). The first-order valence-electron chi connectivity index (χ1n) is 5.49. The van der Waals surface area contributed by atoms with Crippen LogP contribution in [0.15, 0.2) is 24.3 Å². The molecule has 0 spiro atoms. The summed E-state index contributed by atoms with van der Waals surface area (Å²) in [5.41, 5.74) is 2.03. The van der Waals surface area contributed by atoms with Gasteiger partial charge in [-0.2, -0.15) is 0 Å². The Morgan fingerprint density at radius 3 is 2.56 bits per heavy atom. The van der Waals surface area contributed by atoms with E-state index in [4.69, 9.17) is 5.11 Å². The van der Waals surface area contributed by atoms with E-state index in [1.807, 2.05) is 24.3 Å². The van der Waals surface area contributed by atoms with Crippen molar-refractivity contribution in [3.8, 4) is 0 Å². The summed E-state index contributed by atoms with van der Waals surface area (Å²) in [4.78, 5) is 12.8. The van der Waals surface area contributed by atoms with E-state index in [1.165, 1.54) is 0 Å². The van der Waals surface area contributed by atoms with Crippen molar-refractivity contribution in [2.45, 2.75) is 32.9 Å². The van der Waals surface area contributed by atoms with Crippen LogP contribution in [0.5, 0.6) is 0 Å². The van der Waals surface area contributed by atoms with Crippen LogP contribution in [0, 0.1) is 0 Å². The molecule has 0 amide bonds. The fraction of sp³-hybridized carbons (Fsp3) is 0.462. The number of hydrogen-bond acceptors (Lipinski definition) is 2. The Morgan fingerprint density at radius 2 is 2.00 bits per heavy atom. The molecule has 16 heavy (non-hydrogen) atoms. The van der Waals surface area contributed by atoms with E-state index < -0.39 is 5.97 Å². The van der Waals surface area contributed by atoms with Crippen LogP contribution in [0.2, 0.25) is 0 Å². The van der Waals surface area contributed by atoms with Gasteiger partial charge >= 0.3 is 5.97 Å². The molecule has 0 bridgehead atoms. The molecule has 1 aromatic carbocycles. The summed E-state index contributed by atoms with van der Waals surface area (Å²) in [7, 11) is 2.06. The van der Waals surface area contributed by atoms with Gasteiger partial charge in [0.05, 0.1) is 6.42 Å². The topological polar surface area (TPSA) is 40.5 Å². The van der Waals surface area contributed by atoms with Crippen LogP contribution in [0.1, 0.15) is 25.0 Å². The Balaban J connectivity index is 2.70. The second-order valence-corrected chi connectivity index (χ2v) is 4.40. The average Bonchev–Trinajstić information content (AvgIpc) is 2.16. The van der Waals surface area contributed by atoms with E-state index in [9.17, 15) is 4.79 Å². The van der Waals surface area contributed by atoms with Crippen molar-refractivity contribution in [1.82, 2.24) is 4.90 Å². The molecule has 88 valence electrons. The van der Waals surface area contributed by atoms with Crippen LogP contribution in [0.25, 0.3) is 0 Å². The van der Waals surface area contributed by atoms with E-state index in [1.54, 1.807) is 0 Å². The molecular weight excluding hydrogens is 202 g/mol. The Bertz CT molecular complexity index is 361. The Labute approximate surface area is 96.7 Å². The van der Waals surface area contributed by atoms with Gasteiger partial charge in [-0.05, 0) is 32.0 Å². The maximum Gasteiger partial charge on any atom is 0.307 e. The van der Waals surface area contributed by atoms with Gasteiger partial charge in [-0.15, -0.1) is 0 Å². The van der Waals surface area contributed by atoms with Gasteiger partial charge in [0, 0.05) is 12.6 Å². The Kier molecular flexibility index (Phi) is 4.50. The quantitative estimate of drug-likeness (QED) is 0.828. The summed E-state index contributed by atoms with van der Waals surface area (Å²) >= 11 is 0. The number of aliphatic carboxylic acids is 1. The molecular formula is C13H19NO2. The summed E-state index contributed by atoms with van der Waals surface area (Å²) in [5.74, 6) is -0.783. The van der Waals surface area contributed by atoms with Crippen molar-refractivity contribution >= 4 is 5.97 Å². The highest BCUT2D eigenvalue weighted by atomic mass is 16.4. The first-order chi connectivity index (χ1) is 7.49. The minimum absolute atomic E-state index is 0.0965. The predicted molar refractivity (Wildman–Crippen MR) is 64.4 cm³/mol. The van der Waals surface area contributed by atoms with Crippen LogP contribution in [0.4, 0.5) is 0 Å². The summed E-state index contributed by atoms with van der Waals surface area (Å²) in [6.07, 6.45) is 0.0965. The van der Waals surface area contributed by atoms with E-state index in [2.05, 4.69) is 25.8 Å². The highest BCUT2D eigenvalue weighted by molar-refractivity contribution is 5.70. The zero-order chi connectivity index (χ0) is 12.1. The maximum absolute atomic E-state index is 10.6. The molecule has 0 radical (unpaired) electrons. The number of nitrogens with zero attached hydrogens (tertiary/aromatic N) is 1. The lowest BCUT2D eigenvalue weighted by Gasteiger charge is -2.21. The third kappa shape index (κ3) is 4.03. The van der Waals surface area contributed by atoms with Crippen molar-refractivity contribution < 1.29 is 9.90 Å². The fourth-order valence-corrected chi connectivity index (χ4v) is 1.48. The minimum atomic E-state index is -0.783. The monoisotopic (exact) mass is 221 g/mol. The molecule has 0 unspecified atom stereocenters. The maximum atomic E-state index is 10.6. The summed E-state index contributed by atoms with van der Waals surface area (Å²) in [5, 5.41) is 8.72. The van der Waals surface area contributed by atoms with E-state index in [0.717, 1.165) is 17.7 Å². The normalized spacial score (nSPS) is 11.1. The molecule has 0 aliphatic carbocycles. The van der Waals surface area contributed by atoms with E-state index in [-0.39, 0.29) is 6.42 Å². The lowest BCUT2D eigenvalue weighted by Crippen LogP contribution is -2.25. The standard InChI is InChI=1S/C13H19NO2/c1-10(2)14(3)9-12-6-4-5-11(7-12)8-13(15)16/h4-7,10H,8-9H2,1-3H3,(H,15,16). The molecule has 0 fully saturated rings. The molecule has 0 heterocycles. The van der Waals surface area contributed by atoms with Crippen LogP contribution < -0.4 is 0 Å². The SMILES string of the molecule is CC(C)N(C)Cc1cccc(CC(=O)O)c1. The van der Waals surface area contributed by atoms with E-state index >= 15 is 0 Å². The van der Waals surface area contributed by atoms with Gasteiger partial charge < -0.3 is 5.11 Å². The van der Waals surface area contributed by atoms with Crippen molar-refractivity contribution in [1.29, 1.82) is 0 Å². The number of hydrogen-bond donors (Lipinski definition) is 1. The van der Waals surface area contributed by atoms with Crippen molar-refractivity contribution in [3.05, 3.63) is 35.4 Å². The van der Waals surface area contributed by atoms with Crippen LogP contribution in [-0.2, 0) is 17.8 Å². The van der Waals surface area contributed by atoms with Crippen molar-refractivity contribution in [2.75, 3.05) is 7.05 Å². The average molecular weight is 221 g/mol. The number of carbonyl (C=O) groups is 1. The second-order valence-electron chi connectivity index (χ2n) is 4.40. The molecule has 1 aromatic rings. The molecule has 0 saturated carbocycles. The van der Waals surface area contributed by atoms with Crippen molar-refractivity contribution in [3.63, 3.8) is 0 Å². The van der Waals surface area contributed by atoms with Gasteiger partial charge in [-0.25, -0.2) is 0 Å². The Morgan fingerprint density at radius 1 is 1.38 bits per heavy atom. The highest BCUT2D eigenvalue weighted by Gasteiger charge is 2.06. The molecule has 0 atom stereocenters. The Hall–Kier alpha value is -1.35. The van der Waals surface area contributed by atoms with Gasteiger partial charge in [0.25, 0.3) is 0 Å². The third-order valence-corrected chi connectivity index (χ3v) is 2.66. The van der Waals surface area contributed by atoms with Crippen LogP contribution in [-0.4, -0.2) is 29.1 Å². The van der Waals surface area contributed by atoms with Gasteiger partial charge in [-0.1, -0.05) is 24.3 Å². The summed E-state index contributed by atoms with van der Waals surface area (Å²) in [6, 6.07) is 8.26. The summed E-state index contributed by atoms with van der Waals surface area (Å²) < 4.78 is 0. The molecule has 0 aliphatic rings. The van der Waals surface area contributed by atoms with Crippen LogP contribution >= 0.6 is 0 Å². The first-order valence-corrected chi connectivity index (χ1v) is 5.49. The van der Waals surface area contributed by atoms with Gasteiger partial charge in [0.2, 0.25) is 0 Å². The van der Waals surface area contributed by atoms with E-state index in [0.29, 0.717) is 6.04 Å². The largest absolute Gasteiger partial charge is 0.481 e. The highest BCUT2D eigenvalue weighted by Crippen LogP contribution is 2.09. The molecule has 0 aromatic heterocycles. The lowest BCUT2D eigenvalue weighted by molar-refractivity contribution is -0.136. The number of carboxylic acids is 1. The number of benzene rings is 1. The smallest absolute Gasteiger partial charge is 0.307 e. The van der Waals surface area contributed by atoms with Gasteiger partial charge in [-0.3, -0.25) is 9.69 Å². The third-order valence-electron chi connectivity index (χ3n) is 2.66. The number of rotatable bonds is 5. The summed E-state index contributed by atoms with van der Waals surface area (Å²) in [6.45, 7) is 5.13. The van der Waals surface area contributed by atoms with Crippen molar-refractivity contribution in [2.24, 2.45) is 0 Å².